The van der Waals surface area contributed by atoms with Gasteiger partial charge >= 0.3 is 0 Å². The molecule has 1 N–H and O–H groups in total. The molecule has 0 fully saturated rings. The van der Waals surface area contributed by atoms with Crippen LogP contribution in [0.5, 0.6) is 0 Å². The lowest BCUT2D eigenvalue weighted by Gasteiger charge is -2.16. The molecule has 0 bridgehead atoms. The second-order valence-electron chi connectivity index (χ2n) is 3.71. The van der Waals surface area contributed by atoms with E-state index >= 15 is 0 Å². The number of hydrogen-bond donors (Lipinski definition) is 1. The standard InChI is InChI=1S/C10H22O2/c1-9(2)8-10(12-3)6-4-5-7-11/h9-11H,4-8H2,1-3H3. The summed E-state index contributed by atoms with van der Waals surface area (Å²) in [6, 6.07) is 0. The molecule has 0 saturated heterocycles. The van der Waals surface area contributed by atoms with Gasteiger partial charge in [-0.05, 0) is 31.6 Å². The van der Waals surface area contributed by atoms with Crippen LogP contribution in [-0.2, 0) is 4.74 Å². The number of rotatable bonds is 7. The zero-order chi connectivity index (χ0) is 9.40. The highest BCUT2D eigenvalue weighted by Crippen LogP contribution is 2.13. The monoisotopic (exact) mass is 174 g/mol. The van der Waals surface area contributed by atoms with Crippen molar-refractivity contribution in [1.82, 2.24) is 0 Å². The van der Waals surface area contributed by atoms with Crippen LogP contribution in [-0.4, -0.2) is 24.9 Å². The van der Waals surface area contributed by atoms with Gasteiger partial charge in [0.25, 0.3) is 0 Å². The van der Waals surface area contributed by atoms with Crippen molar-refractivity contribution in [1.29, 1.82) is 0 Å². The van der Waals surface area contributed by atoms with E-state index in [1.54, 1.807) is 7.11 Å². The van der Waals surface area contributed by atoms with Gasteiger partial charge in [-0.25, -0.2) is 0 Å². The molecule has 0 aliphatic rings. The summed E-state index contributed by atoms with van der Waals surface area (Å²) in [5.41, 5.74) is 0. The third-order valence-corrected chi connectivity index (χ3v) is 2.00. The van der Waals surface area contributed by atoms with Crippen molar-refractivity contribution in [3.8, 4) is 0 Å². The van der Waals surface area contributed by atoms with E-state index in [1.807, 2.05) is 0 Å². The average Bonchev–Trinajstić information content (AvgIpc) is 2.02. The fourth-order valence-corrected chi connectivity index (χ4v) is 1.34. The molecular formula is C10H22O2. The molecular weight excluding hydrogens is 152 g/mol. The zero-order valence-corrected chi connectivity index (χ0v) is 8.55. The first kappa shape index (κ1) is 11.9. The highest BCUT2D eigenvalue weighted by Gasteiger charge is 2.08. The molecule has 0 spiro atoms. The Labute approximate surface area is 75.9 Å². The van der Waals surface area contributed by atoms with E-state index in [2.05, 4.69) is 13.8 Å². The molecule has 0 aromatic carbocycles. The van der Waals surface area contributed by atoms with Crippen molar-refractivity contribution in [2.75, 3.05) is 13.7 Å². The van der Waals surface area contributed by atoms with Crippen molar-refractivity contribution in [3.05, 3.63) is 0 Å². The highest BCUT2D eigenvalue weighted by atomic mass is 16.5. The zero-order valence-electron chi connectivity index (χ0n) is 8.55. The lowest BCUT2D eigenvalue weighted by atomic mass is 10.0. The van der Waals surface area contributed by atoms with Crippen LogP contribution >= 0.6 is 0 Å². The molecule has 0 radical (unpaired) electrons. The first-order chi connectivity index (χ1) is 5.70. The molecule has 2 heteroatoms. The van der Waals surface area contributed by atoms with E-state index in [-0.39, 0.29) is 0 Å². The van der Waals surface area contributed by atoms with Gasteiger partial charge in [0.15, 0.2) is 0 Å². The first-order valence-corrected chi connectivity index (χ1v) is 4.84. The summed E-state index contributed by atoms with van der Waals surface area (Å²) in [5.74, 6) is 0.698. The molecule has 0 aromatic heterocycles. The molecule has 0 aliphatic heterocycles. The summed E-state index contributed by atoms with van der Waals surface area (Å²) in [6.45, 7) is 4.72. The maximum Gasteiger partial charge on any atom is 0.0573 e. The van der Waals surface area contributed by atoms with Crippen molar-refractivity contribution in [2.24, 2.45) is 5.92 Å². The second-order valence-corrected chi connectivity index (χ2v) is 3.71. The molecule has 12 heavy (non-hydrogen) atoms. The average molecular weight is 174 g/mol. The number of unbranched alkanes of at least 4 members (excludes halogenated alkanes) is 1. The van der Waals surface area contributed by atoms with E-state index in [9.17, 15) is 0 Å². The summed E-state index contributed by atoms with van der Waals surface area (Å²) in [4.78, 5) is 0. The summed E-state index contributed by atoms with van der Waals surface area (Å²) >= 11 is 0. The maximum atomic E-state index is 8.59. The predicted molar refractivity (Wildman–Crippen MR) is 51.2 cm³/mol. The van der Waals surface area contributed by atoms with Gasteiger partial charge in [0.2, 0.25) is 0 Å². The minimum atomic E-state index is 0.304. The van der Waals surface area contributed by atoms with Gasteiger partial charge in [-0.3, -0.25) is 0 Å². The third kappa shape index (κ3) is 6.62. The topological polar surface area (TPSA) is 29.5 Å². The van der Waals surface area contributed by atoms with Gasteiger partial charge in [0.1, 0.15) is 0 Å². The summed E-state index contributed by atoms with van der Waals surface area (Å²) < 4.78 is 5.33. The predicted octanol–water partition coefficient (Wildman–Crippen LogP) is 2.21. The largest absolute Gasteiger partial charge is 0.396 e. The van der Waals surface area contributed by atoms with Crippen LogP contribution in [0.1, 0.15) is 39.5 Å². The first-order valence-electron chi connectivity index (χ1n) is 4.84. The molecule has 0 aliphatic carbocycles. The molecule has 2 nitrogen and oxygen atoms in total. The molecule has 0 saturated carbocycles. The fourth-order valence-electron chi connectivity index (χ4n) is 1.34. The molecule has 1 unspecified atom stereocenters. The Morgan fingerprint density at radius 2 is 1.92 bits per heavy atom. The number of hydrogen-bond acceptors (Lipinski definition) is 2. The third-order valence-electron chi connectivity index (χ3n) is 2.00. The van der Waals surface area contributed by atoms with Crippen molar-refractivity contribution in [2.45, 2.75) is 45.6 Å². The summed E-state index contributed by atoms with van der Waals surface area (Å²) in [5, 5.41) is 8.59. The van der Waals surface area contributed by atoms with Crippen molar-refractivity contribution < 1.29 is 9.84 Å². The van der Waals surface area contributed by atoms with Gasteiger partial charge in [-0.15, -0.1) is 0 Å². The van der Waals surface area contributed by atoms with Crippen LogP contribution in [0, 0.1) is 5.92 Å². The van der Waals surface area contributed by atoms with Gasteiger partial charge < -0.3 is 9.84 Å². The Morgan fingerprint density at radius 3 is 2.33 bits per heavy atom. The summed E-state index contributed by atoms with van der Waals surface area (Å²) in [7, 11) is 1.77. The molecule has 1 atom stereocenters. The second kappa shape index (κ2) is 7.56. The van der Waals surface area contributed by atoms with E-state index in [4.69, 9.17) is 9.84 Å². The van der Waals surface area contributed by atoms with Crippen LogP contribution in [0.3, 0.4) is 0 Å². The fraction of sp³-hybridized carbons (Fsp3) is 1.00. The normalized spacial score (nSPS) is 13.8. The Kier molecular flexibility index (Phi) is 7.51. The van der Waals surface area contributed by atoms with E-state index in [1.165, 1.54) is 0 Å². The van der Waals surface area contributed by atoms with Crippen LogP contribution in [0.4, 0.5) is 0 Å². The lowest BCUT2D eigenvalue weighted by Crippen LogP contribution is -2.13. The molecule has 0 heterocycles. The molecule has 0 rings (SSSR count). The Bertz CT molecular complexity index is 91.8. The highest BCUT2D eigenvalue weighted by molar-refractivity contribution is 4.60. The van der Waals surface area contributed by atoms with Crippen LogP contribution < -0.4 is 0 Å². The van der Waals surface area contributed by atoms with E-state index in [0.29, 0.717) is 18.6 Å². The minimum Gasteiger partial charge on any atom is -0.396 e. The van der Waals surface area contributed by atoms with Crippen LogP contribution in [0.2, 0.25) is 0 Å². The molecule has 0 aromatic rings. The minimum absolute atomic E-state index is 0.304. The smallest absolute Gasteiger partial charge is 0.0573 e. The van der Waals surface area contributed by atoms with Gasteiger partial charge in [0, 0.05) is 13.7 Å². The molecule has 74 valence electrons. The number of methoxy groups -OCH3 is 1. The van der Waals surface area contributed by atoms with Crippen molar-refractivity contribution >= 4 is 0 Å². The van der Waals surface area contributed by atoms with Crippen LogP contribution in [0.25, 0.3) is 0 Å². The Balaban J connectivity index is 3.39. The SMILES string of the molecule is COC(CCCCO)CC(C)C. The maximum absolute atomic E-state index is 8.59. The van der Waals surface area contributed by atoms with Gasteiger partial charge in [-0.1, -0.05) is 13.8 Å². The quantitative estimate of drug-likeness (QED) is 0.600. The van der Waals surface area contributed by atoms with Gasteiger partial charge in [-0.2, -0.15) is 0 Å². The number of aliphatic hydroxyl groups excluding tert-OH is 1. The Morgan fingerprint density at radius 1 is 1.25 bits per heavy atom. The number of aliphatic hydroxyl groups is 1. The summed E-state index contributed by atoms with van der Waals surface area (Å²) in [6.07, 6.45) is 4.56. The lowest BCUT2D eigenvalue weighted by molar-refractivity contribution is 0.0740. The van der Waals surface area contributed by atoms with E-state index in [0.717, 1.165) is 25.7 Å². The van der Waals surface area contributed by atoms with Gasteiger partial charge in [0.05, 0.1) is 6.10 Å². The van der Waals surface area contributed by atoms with Crippen LogP contribution in [0.15, 0.2) is 0 Å². The Hall–Kier alpha value is -0.0800. The number of ether oxygens (including phenoxy) is 1. The van der Waals surface area contributed by atoms with E-state index < -0.39 is 0 Å². The van der Waals surface area contributed by atoms with Crippen molar-refractivity contribution in [3.63, 3.8) is 0 Å². The molecule has 0 amide bonds.